The summed E-state index contributed by atoms with van der Waals surface area (Å²) in [5.41, 5.74) is 3.96. The van der Waals surface area contributed by atoms with Gasteiger partial charge in [0.05, 0.1) is 0 Å². The molecule has 0 saturated heterocycles. The van der Waals surface area contributed by atoms with Gasteiger partial charge in [0.1, 0.15) is 0 Å². The molecule has 3 rings (SSSR count). The average Bonchev–Trinajstić information content (AvgIpc) is 2.85. The van der Waals surface area contributed by atoms with Crippen LogP contribution in [0.3, 0.4) is 0 Å². The molecule has 2 heteroatoms. The third-order valence-electron chi connectivity index (χ3n) is 2.74. The molecule has 2 aromatic rings. The smallest absolute Gasteiger partial charge is 0.0460 e. The highest BCUT2D eigenvalue weighted by Gasteiger charge is 2.10. The minimum atomic E-state index is 0.988. The fourth-order valence-electron chi connectivity index (χ4n) is 2.02. The van der Waals surface area contributed by atoms with Gasteiger partial charge >= 0.3 is 0 Å². The summed E-state index contributed by atoms with van der Waals surface area (Å²) in [5.74, 6) is 0. The second kappa shape index (κ2) is 3.00. The van der Waals surface area contributed by atoms with Gasteiger partial charge in [-0.3, -0.25) is 0 Å². The van der Waals surface area contributed by atoms with Gasteiger partial charge in [-0.25, -0.2) is 0 Å². The molecule has 0 spiro atoms. The van der Waals surface area contributed by atoms with E-state index >= 15 is 0 Å². The minimum absolute atomic E-state index is 0.988. The molecule has 0 amide bonds. The fraction of sp³-hybridized carbons (Fsp3) is 0.167. The van der Waals surface area contributed by atoms with Crippen LogP contribution in [0.4, 0.5) is 0 Å². The Labute approximate surface area is 82.6 Å². The van der Waals surface area contributed by atoms with E-state index in [-0.39, 0.29) is 0 Å². The zero-order valence-electron chi connectivity index (χ0n) is 7.88. The number of para-hydroxylation sites is 1. The van der Waals surface area contributed by atoms with Crippen LogP contribution < -0.4 is 5.32 Å². The van der Waals surface area contributed by atoms with Crippen molar-refractivity contribution in [3.8, 4) is 0 Å². The number of hydrogen-bond acceptors (Lipinski definition) is 1. The van der Waals surface area contributed by atoms with E-state index in [9.17, 15) is 0 Å². The summed E-state index contributed by atoms with van der Waals surface area (Å²) < 4.78 is 0. The van der Waals surface area contributed by atoms with Crippen molar-refractivity contribution < 1.29 is 0 Å². The van der Waals surface area contributed by atoms with Gasteiger partial charge in [0.25, 0.3) is 0 Å². The van der Waals surface area contributed by atoms with E-state index in [2.05, 4.69) is 46.8 Å². The molecule has 2 N–H and O–H groups in total. The van der Waals surface area contributed by atoms with Gasteiger partial charge in [-0.15, -0.1) is 0 Å². The number of rotatable bonds is 1. The lowest BCUT2D eigenvalue weighted by molar-refractivity contribution is 0.897. The number of aromatic nitrogens is 1. The molecule has 0 atom stereocenters. The Bertz CT molecular complexity index is 494. The molecule has 0 radical (unpaired) electrons. The first-order chi connectivity index (χ1) is 6.95. The molecule has 0 fully saturated rings. The number of fused-ring (bicyclic) bond motifs is 1. The third-order valence-corrected chi connectivity index (χ3v) is 2.74. The normalized spacial score (nSPS) is 16.1. The van der Waals surface area contributed by atoms with Crippen molar-refractivity contribution in [3.05, 3.63) is 42.1 Å². The quantitative estimate of drug-likeness (QED) is 0.698. The van der Waals surface area contributed by atoms with Gasteiger partial charge in [-0.1, -0.05) is 24.3 Å². The van der Waals surface area contributed by atoms with Crippen molar-refractivity contribution in [2.75, 3.05) is 13.1 Å². The van der Waals surface area contributed by atoms with Crippen LogP contribution in [0.2, 0.25) is 0 Å². The second-order valence-electron chi connectivity index (χ2n) is 3.61. The van der Waals surface area contributed by atoms with Crippen molar-refractivity contribution in [2.45, 2.75) is 0 Å². The first kappa shape index (κ1) is 7.83. The summed E-state index contributed by atoms with van der Waals surface area (Å²) in [6, 6.07) is 8.43. The zero-order valence-corrected chi connectivity index (χ0v) is 7.88. The number of H-pyrrole nitrogens is 1. The van der Waals surface area contributed by atoms with E-state index in [4.69, 9.17) is 0 Å². The molecule has 0 unspecified atom stereocenters. The van der Waals surface area contributed by atoms with Gasteiger partial charge in [0.15, 0.2) is 0 Å². The Kier molecular flexibility index (Phi) is 1.67. The van der Waals surface area contributed by atoms with Gasteiger partial charge in [0, 0.05) is 35.8 Å². The molecule has 2 heterocycles. The predicted octanol–water partition coefficient (Wildman–Crippen LogP) is 2.15. The molecular formula is C12H12N2. The van der Waals surface area contributed by atoms with E-state index in [0.717, 1.165) is 13.1 Å². The van der Waals surface area contributed by atoms with E-state index in [1.54, 1.807) is 0 Å². The lowest BCUT2D eigenvalue weighted by Crippen LogP contribution is -2.07. The summed E-state index contributed by atoms with van der Waals surface area (Å²) in [6.45, 7) is 1.98. The van der Waals surface area contributed by atoms with Crippen molar-refractivity contribution in [1.29, 1.82) is 0 Å². The van der Waals surface area contributed by atoms with Crippen LogP contribution in [0, 0.1) is 0 Å². The highest BCUT2D eigenvalue weighted by Crippen LogP contribution is 2.25. The first-order valence-corrected chi connectivity index (χ1v) is 4.91. The maximum atomic E-state index is 3.32. The third kappa shape index (κ3) is 1.08. The molecule has 1 aromatic carbocycles. The molecule has 1 aliphatic heterocycles. The molecular weight excluding hydrogens is 172 g/mol. The van der Waals surface area contributed by atoms with Crippen LogP contribution >= 0.6 is 0 Å². The SMILES string of the molecule is C1=C(c2c[nH]c3ccccc23)CNC1. The lowest BCUT2D eigenvalue weighted by atomic mass is 10.1. The van der Waals surface area contributed by atoms with Crippen LogP contribution in [0.25, 0.3) is 16.5 Å². The number of benzene rings is 1. The molecule has 0 aliphatic carbocycles. The van der Waals surface area contributed by atoms with E-state index in [1.807, 2.05) is 0 Å². The largest absolute Gasteiger partial charge is 0.361 e. The number of hydrogen-bond donors (Lipinski definition) is 2. The van der Waals surface area contributed by atoms with E-state index in [1.165, 1.54) is 22.0 Å². The van der Waals surface area contributed by atoms with Crippen LogP contribution in [-0.2, 0) is 0 Å². The van der Waals surface area contributed by atoms with Crippen molar-refractivity contribution >= 4 is 16.5 Å². The molecule has 14 heavy (non-hydrogen) atoms. The predicted molar refractivity (Wildman–Crippen MR) is 59.1 cm³/mol. The Morgan fingerprint density at radius 2 is 2.07 bits per heavy atom. The van der Waals surface area contributed by atoms with Crippen LogP contribution in [-0.4, -0.2) is 18.1 Å². The summed E-state index contributed by atoms with van der Waals surface area (Å²) >= 11 is 0. The molecule has 2 nitrogen and oxygen atoms in total. The highest BCUT2D eigenvalue weighted by molar-refractivity contribution is 5.93. The summed E-state index contributed by atoms with van der Waals surface area (Å²) in [4.78, 5) is 3.30. The van der Waals surface area contributed by atoms with Crippen molar-refractivity contribution in [3.63, 3.8) is 0 Å². The fourth-order valence-corrected chi connectivity index (χ4v) is 2.02. The number of aromatic amines is 1. The summed E-state index contributed by atoms with van der Waals surface area (Å²) in [5, 5.41) is 4.64. The van der Waals surface area contributed by atoms with Crippen molar-refractivity contribution in [1.82, 2.24) is 10.3 Å². The Balaban J connectivity index is 2.21. The van der Waals surface area contributed by atoms with Gasteiger partial charge in [0.2, 0.25) is 0 Å². The van der Waals surface area contributed by atoms with Gasteiger partial charge < -0.3 is 10.3 Å². The standard InChI is InChI=1S/C12H12N2/c1-2-4-12-10(3-1)11(8-14-12)9-5-6-13-7-9/h1-5,8,13-14H,6-7H2. The summed E-state index contributed by atoms with van der Waals surface area (Å²) in [6.07, 6.45) is 4.36. The molecule has 0 saturated carbocycles. The Hall–Kier alpha value is -1.54. The first-order valence-electron chi connectivity index (χ1n) is 4.91. The minimum Gasteiger partial charge on any atom is -0.361 e. The van der Waals surface area contributed by atoms with E-state index < -0.39 is 0 Å². The molecule has 1 aliphatic rings. The second-order valence-corrected chi connectivity index (χ2v) is 3.61. The monoisotopic (exact) mass is 184 g/mol. The topological polar surface area (TPSA) is 27.8 Å². The Morgan fingerprint density at radius 1 is 1.14 bits per heavy atom. The molecule has 1 aromatic heterocycles. The highest BCUT2D eigenvalue weighted by atomic mass is 14.9. The molecule has 70 valence electrons. The van der Waals surface area contributed by atoms with Crippen LogP contribution in [0.1, 0.15) is 5.56 Å². The van der Waals surface area contributed by atoms with Gasteiger partial charge in [-0.2, -0.15) is 0 Å². The molecule has 0 bridgehead atoms. The van der Waals surface area contributed by atoms with Crippen LogP contribution in [0.15, 0.2) is 36.5 Å². The van der Waals surface area contributed by atoms with Crippen molar-refractivity contribution in [2.24, 2.45) is 0 Å². The van der Waals surface area contributed by atoms with E-state index in [0.29, 0.717) is 0 Å². The maximum absolute atomic E-state index is 3.32. The number of nitrogens with one attached hydrogen (secondary N) is 2. The van der Waals surface area contributed by atoms with Crippen LogP contribution in [0.5, 0.6) is 0 Å². The summed E-state index contributed by atoms with van der Waals surface area (Å²) in [7, 11) is 0. The average molecular weight is 184 g/mol. The zero-order chi connectivity index (χ0) is 9.38. The lowest BCUT2D eigenvalue weighted by Gasteiger charge is -1.98. The maximum Gasteiger partial charge on any atom is 0.0460 e. The Morgan fingerprint density at radius 3 is 2.93 bits per heavy atom. The van der Waals surface area contributed by atoms with Gasteiger partial charge in [-0.05, 0) is 11.6 Å².